The normalized spacial score (nSPS) is 34.6. The lowest BCUT2D eigenvalue weighted by molar-refractivity contribution is -0.116. The van der Waals surface area contributed by atoms with Crippen LogP contribution in [0.2, 0.25) is 0 Å². The standard InChI is InChI=1S/C45H61N4O10/c1-24-12-11-13-25(2)44(56)47-36-31(23-46-49-19-17-48(18-20-49)30-14-9-10-15-30)40(53)33-34(41(36)54)39(52)29(6)42-35(33)43(55)45(7,59-42)58-21-16-32(57-8)26(3)22-27(4)38(51)28(5)37(24)50/h11-13,16,21-24,26-28,30,32,37-38,46,50-52,54H,9-10,14-15,17-20H2,1-8H3,(H,47,56)/b12-11+,21-16+,25-13-,31-23+/t24-,26+,27+,28-,32+,37-,38+,45-/m0/s1. The van der Waals surface area contributed by atoms with Gasteiger partial charge in [0.2, 0.25) is 0 Å². The Morgan fingerprint density at radius 3 is 2.24 bits per heavy atom. The molecule has 2 aliphatic carbocycles. The molecule has 5 bridgehead atoms. The summed E-state index contributed by atoms with van der Waals surface area (Å²) in [5.41, 5.74) is 2.35. The number of ether oxygens (including phenoxy) is 3. The highest BCUT2D eigenvalue weighted by Crippen LogP contribution is 2.50. The monoisotopic (exact) mass is 817 g/mol. The first kappa shape index (κ1) is 44.1. The van der Waals surface area contributed by atoms with Crippen LogP contribution >= 0.6 is 0 Å². The number of nitrogens with one attached hydrogen (secondary N) is 2. The van der Waals surface area contributed by atoms with Gasteiger partial charge in [0.1, 0.15) is 11.5 Å². The molecule has 6 N–H and O–H groups in total. The van der Waals surface area contributed by atoms with E-state index in [9.17, 15) is 34.8 Å². The number of nitrogens with zero attached hydrogens (tertiary/aromatic N) is 2. The van der Waals surface area contributed by atoms with Crippen molar-refractivity contribution in [3.63, 3.8) is 0 Å². The van der Waals surface area contributed by atoms with Crippen LogP contribution in [0.25, 0.3) is 5.76 Å². The molecule has 1 aromatic carbocycles. The zero-order valence-electron chi connectivity index (χ0n) is 35.4. The summed E-state index contributed by atoms with van der Waals surface area (Å²) in [6.07, 6.45) is 13.7. The maximum absolute atomic E-state index is 14.8. The number of methoxy groups -OCH3 is 1. The Morgan fingerprint density at radius 1 is 0.915 bits per heavy atom. The van der Waals surface area contributed by atoms with E-state index in [1.165, 1.54) is 59.1 Å². The van der Waals surface area contributed by atoms with Crippen LogP contribution in [0.3, 0.4) is 0 Å². The molecule has 4 aliphatic heterocycles. The van der Waals surface area contributed by atoms with Gasteiger partial charge in [-0.15, -0.1) is 0 Å². The van der Waals surface area contributed by atoms with Crippen molar-refractivity contribution in [1.82, 2.24) is 20.7 Å². The van der Waals surface area contributed by atoms with Crippen molar-refractivity contribution in [2.24, 2.45) is 23.7 Å². The number of benzene rings is 1. The van der Waals surface area contributed by atoms with Gasteiger partial charge in [-0.1, -0.05) is 58.8 Å². The van der Waals surface area contributed by atoms with E-state index in [2.05, 4.69) is 15.6 Å². The number of Topliss-reactive ketones (excluding diaryl/α,β-unsaturated/α-hetero) is 2. The molecule has 14 heteroatoms. The second-order valence-electron chi connectivity index (χ2n) is 17.0. The number of aliphatic hydroxyl groups excluding tert-OH is 3. The van der Waals surface area contributed by atoms with Crippen molar-refractivity contribution in [2.45, 2.75) is 104 Å². The second-order valence-corrected chi connectivity index (χ2v) is 17.0. The summed E-state index contributed by atoms with van der Waals surface area (Å²) in [7, 11) is 1.53. The number of carbonyl (C=O) groups is 3. The average Bonchev–Trinajstić information content (AvgIpc) is 3.85. The lowest BCUT2D eigenvalue weighted by atomic mass is 9.80. The van der Waals surface area contributed by atoms with Crippen LogP contribution in [-0.2, 0) is 14.3 Å². The summed E-state index contributed by atoms with van der Waals surface area (Å²) in [6.45, 7) is 14.8. The van der Waals surface area contributed by atoms with Gasteiger partial charge in [-0.25, -0.2) is 5.01 Å². The molecule has 321 valence electrons. The van der Waals surface area contributed by atoms with Gasteiger partial charge in [-0.3, -0.25) is 19.3 Å². The molecule has 0 spiro atoms. The molecule has 4 heterocycles. The van der Waals surface area contributed by atoms with Gasteiger partial charge in [0.05, 0.1) is 52.5 Å². The molecule has 1 radical (unpaired) electrons. The zero-order chi connectivity index (χ0) is 42.9. The number of fused-ring (bicyclic) bond motifs is 14. The Balaban J connectivity index is 1.41. The number of aliphatic hydroxyl groups is 3. The van der Waals surface area contributed by atoms with Crippen LogP contribution in [0.5, 0.6) is 11.5 Å². The number of phenolic OH excluding ortho intramolecular Hbond substituents is 1. The number of aromatic hydroxyl groups is 1. The van der Waals surface area contributed by atoms with Crippen molar-refractivity contribution < 1.29 is 49.0 Å². The smallest absolute Gasteiger partial charge is 0.312 e. The number of phenols is 1. The second kappa shape index (κ2) is 18.0. The number of allylic oxidation sites excluding steroid dienone is 3. The van der Waals surface area contributed by atoms with Crippen molar-refractivity contribution in [2.75, 3.05) is 33.3 Å². The fourth-order valence-electron chi connectivity index (χ4n) is 8.95. The fraction of sp³-hybridized carbons (Fsp3) is 0.556. The lowest BCUT2D eigenvalue weighted by Crippen LogP contribution is -2.53. The number of hydrogen-bond donors (Lipinski definition) is 6. The van der Waals surface area contributed by atoms with Crippen molar-refractivity contribution in [3.05, 3.63) is 82.3 Å². The predicted octanol–water partition coefficient (Wildman–Crippen LogP) is 5.01. The highest BCUT2D eigenvalue weighted by atomic mass is 16.7. The van der Waals surface area contributed by atoms with Crippen LogP contribution in [0.4, 0.5) is 0 Å². The summed E-state index contributed by atoms with van der Waals surface area (Å²) in [5, 5.41) is 50.7. The molecular formula is C45H61N4O10. The SMILES string of the molecule is CO[C@@H]1/C=C/O[C@@]2(C)Oc3c(C)c(O)c4c(c3C2=O)C(=O)/C(=C/NN2CCN(C3CCCC3)CC2)C(=C4O)NC(=O)/C(C)=C\C=C\[C@H](C)[C@H](O)[C@H](C)[C@H](O)[C@H](C)[CH][C@H]1C. The van der Waals surface area contributed by atoms with E-state index in [1.54, 1.807) is 38.2 Å². The molecule has 1 amide bonds. The number of hydrogen-bond acceptors (Lipinski definition) is 13. The highest BCUT2D eigenvalue weighted by Gasteiger charge is 2.52. The van der Waals surface area contributed by atoms with Gasteiger partial charge in [0.15, 0.2) is 11.5 Å². The number of rotatable bonds is 4. The number of hydrazine groups is 1. The summed E-state index contributed by atoms with van der Waals surface area (Å²) >= 11 is 0. The summed E-state index contributed by atoms with van der Waals surface area (Å²) in [4.78, 5) is 45.4. The number of carbonyl (C=O) groups excluding carboxylic acids is 3. The number of amides is 1. The van der Waals surface area contributed by atoms with Crippen LogP contribution in [0.1, 0.15) is 99.1 Å². The first-order valence-corrected chi connectivity index (χ1v) is 20.8. The third kappa shape index (κ3) is 8.74. The molecule has 8 atom stereocenters. The fourth-order valence-corrected chi connectivity index (χ4v) is 8.95. The molecule has 1 saturated carbocycles. The first-order chi connectivity index (χ1) is 28.0. The minimum atomic E-state index is -1.97. The third-order valence-electron chi connectivity index (χ3n) is 12.8. The quantitative estimate of drug-likeness (QED) is 0.223. The maximum atomic E-state index is 14.8. The molecule has 14 nitrogen and oxygen atoms in total. The Morgan fingerprint density at radius 2 is 1.58 bits per heavy atom. The first-order valence-electron chi connectivity index (χ1n) is 20.8. The van der Waals surface area contributed by atoms with E-state index in [4.69, 9.17) is 14.2 Å². The van der Waals surface area contributed by atoms with Gasteiger partial charge < -0.3 is 45.4 Å². The molecule has 0 aromatic heterocycles. The maximum Gasteiger partial charge on any atom is 0.312 e. The highest BCUT2D eigenvalue weighted by molar-refractivity contribution is 6.25. The minimum Gasteiger partial charge on any atom is -0.507 e. The van der Waals surface area contributed by atoms with Crippen molar-refractivity contribution >= 4 is 23.2 Å². The summed E-state index contributed by atoms with van der Waals surface area (Å²) in [6, 6.07) is 0.575. The minimum absolute atomic E-state index is 0.0689. The molecule has 2 fully saturated rings. The molecule has 1 saturated heterocycles. The van der Waals surface area contributed by atoms with E-state index in [0.29, 0.717) is 19.1 Å². The Labute approximate surface area is 347 Å². The molecule has 0 unspecified atom stereocenters. The largest absolute Gasteiger partial charge is 0.507 e. The van der Waals surface area contributed by atoms with Gasteiger partial charge in [0.25, 0.3) is 11.7 Å². The Kier molecular flexibility index (Phi) is 13.5. The average molecular weight is 818 g/mol. The van der Waals surface area contributed by atoms with Crippen molar-refractivity contribution in [1.29, 1.82) is 0 Å². The van der Waals surface area contributed by atoms with Crippen LogP contribution in [0.15, 0.2) is 53.6 Å². The van der Waals surface area contributed by atoms with Crippen LogP contribution in [-0.4, -0.2) is 111 Å². The van der Waals surface area contributed by atoms with Crippen molar-refractivity contribution in [3.8, 4) is 11.5 Å². The number of ketones is 2. The zero-order valence-corrected chi connectivity index (χ0v) is 35.4. The van der Waals surface area contributed by atoms with Gasteiger partial charge in [0, 0.05) is 75.4 Å². The van der Waals surface area contributed by atoms with Gasteiger partial charge in [-0.05, 0) is 51.0 Å². The van der Waals surface area contributed by atoms with Crippen LogP contribution < -0.4 is 15.5 Å². The van der Waals surface area contributed by atoms with Gasteiger partial charge in [-0.2, -0.15) is 0 Å². The summed E-state index contributed by atoms with van der Waals surface area (Å²) in [5.74, 6) is -6.74. The van der Waals surface area contributed by atoms with E-state index < -0.39 is 64.9 Å². The van der Waals surface area contributed by atoms with E-state index in [0.717, 1.165) is 13.1 Å². The Bertz CT molecular complexity index is 1960. The van der Waals surface area contributed by atoms with E-state index >= 15 is 0 Å². The van der Waals surface area contributed by atoms with E-state index in [1.807, 2.05) is 32.2 Å². The predicted molar refractivity (Wildman–Crippen MR) is 222 cm³/mol. The lowest BCUT2D eigenvalue weighted by Gasteiger charge is -2.38. The molecule has 59 heavy (non-hydrogen) atoms. The molecule has 6 aliphatic rings. The molecule has 1 aromatic rings. The molecular weight excluding hydrogens is 757 g/mol. The van der Waals surface area contributed by atoms with Gasteiger partial charge >= 0.3 is 5.79 Å². The van der Waals surface area contributed by atoms with E-state index in [-0.39, 0.29) is 56.7 Å². The third-order valence-corrected chi connectivity index (χ3v) is 12.8. The summed E-state index contributed by atoms with van der Waals surface area (Å²) < 4.78 is 17.8. The van der Waals surface area contributed by atoms with Crippen LogP contribution in [0, 0.1) is 37.0 Å². The number of piperazine rings is 1. The molecule has 7 rings (SSSR count). The topological polar surface area (TPSA) is 190 Å². The Hall–Kier alpha value is -4.47.